The van der Waals surface area contributed by atoms with Gasteiger partial charge in [-0.25, -0.2) is 0 Å². The van der Waals surface area contributed by atoms with Crippen molar-refractivity contribution in [3.63, 3.8) is 0 Å². The number of hydrogen-bond acceptors (Lipinski definition) is 7. The Bertz CT molecular complexity index is 917. The van der Waals surface area contributed by atoms with Crippen LogP contribution in [0.2, 0.25) is 10.0 Å². The fraction of sp³-hybridized carbons (Fsp3) is 0.455. The molecule has 2 aliphatic rings. The second-order valence-electron chi connectivity index (χ2n) is 7.54. The van der Waals surface area contributed by atoms with E-state index in [0.717, 1.165) is 71.8 Å². The van der Waals surface area contributed by atoms with Crippen LogP contribution in [0.4, 0.5) is 22.7 Å². The fourth-order valence-corrected chi connectivity index (χ4v) is 5.60. The fourth-order valence-electron chi connectivity index (χ4n) is 3.84. The summed E-state index contributed by atoms with van der Waals surface area (Å²) >= 11 is 15.1. The summed E-state index contributed by atoms with van der Waals surface area (Å²) in [6, 6.07) is 8.44. The molecule has 2 aliphatic heterocycles. The maximum Gasteiger partial charge on any atom is 0.0717 e. The third-order valence-corrected chi connectivity index (χ3v) is 7.21. The predicted octanol–water partition coefficient (Wildman–Crippen LogP) is 4.71. The minimum Gasteiger partial charge on any atom is -0.383 e. The Morgan fingerprint density at radius 2 is 1.55 bits per heavy atom. The van der Waals surface area contributed by atoms with E-state index >= 15 is 0 Å². The molecular weight excluding hydrogens is 455 g/mol. The molecule has 2 aromatic carbocycles. The minimum atomic E-state index is 0.635. The topological polar surface area (TPSA) is 49.0 Å². The van der Waals surface area contributed by atoms with Crippen molar-refractivity contribution >= 4 is 57.7 Å². The van der Waals surface area contributed by atoms with E-state index in [4.69, 9.17) is 32.7 Å². The second kappa shape index (κ2) is 10.5. The van der Waals surface area contributed by atoms with Gasteiger partial charge in [0.05, 0.1) is 34.6 Å². The Hall–Kier alpha value is -1.35. The lowest BCUT2D eigenvalue weighted by molar-refractivity contribution is 0.190. The third-order valence-electron chi connectivity index (χ3n) is 5.53. The zero-order valence-corrected chi connectivity index (χ0v) is 20.2. The maximum atomic E-state index is 6.71. The number of methoxy groups -OCH3 is 2. The lowest BCUT2D eigenvalue weighted by Gasteiger charge is -2.32. The van der Waals surface area contributed by atoms with Gasteiger partial charge in [-0.15, -0.1) is 0 Å². The summed E-state index contributed by atoms with van der Waals surface area (Å²) in [5.74, 6) is 0. The highest BCUT2D eigenvalue weighted by atomic mass is 35.5. The number of benzene rings is 2. The van der Waals surface area contributed by atoms with Crippen molar-refractivity contribution in [2.75, 3.05) is 81.8 Å². The number of anilines is 4. The zero-order chi connectivity index (χ0) is 21.8. The number of nitrogens with one attached hydrogen (secondary N) is 2. The van der Waals surface area contributed by atoms with E-state index in [0.29, 0.717) is 23.3 Å². The first-order valence-corrected chi connectivity index (χ1v) is 12.0. The van der Waals surface area contributed by atoms with Crippen molar-refractivity contribution in [3.05, 3.63) is 34.3 Å². The van der Waals surface area contributed by atoms with E-state index in [1.54, 1.807) is 26.0 Å². The van der Waals surface area contributed by atoms with Crippen molar-refractivity contribution in [1.82, 2.24) is 5.32 Å². The van der Waals surface area contributed by atoms with Crippen molar-refractivity contribution < 1.29 is 9.47 Å². The molecule has 2 aromatic rings. The van der Waals surface area contributed by atoms with Crippen molar-refractivity contribution in [2.24, 2.45) is 0 Å². The van der Waals surface area contributed by atoms with Gasteiger partial charge in [0.1, 0.15) is 0 Å². The van der Waals surface area contributed by atoms with Crippen LogP contribution < -0.4 is 20.4 Å². The van der Waals surface area contributed by atoms with Crippen molar-refractivity contribution in [1.29, 1.82) is 0 Å². The molecule has 0 radical (unpaired) electrons. The first kappa shape index (κ1) is 22.8. The van der Waals surface area contributed by atoms with Gasteiger partial charge in [0, 0.05) is 74.7 Å². The minimum absolute atomic E-state index is 0.635. The first-order chi connectivity index (χ1) is 15.1. The van der Waals surface area contributed by atoms with Gasteiger partial charge in [0.2, 0.25) is 0 Å². The van der Waals surface area contributed by atoms with Crippen LogP contribution in [0.25, 0.3) is 0 Å². The molecule has 31 heavy (non-hydrogen) atoms. The summed E-state index contributed by atoms with van der Waals surface area (Å²) < 4.78 is 10.6. The Morgan fingerprint density at radius 1 is 0.935 bits per heavy atom. The van der Waals surface area contributed by atoms with Crippen LogP contribution >= 0.6 is 35.0 Å². The van der Waals surface area contributed by atoms with Gasteiger partial charge in [0.25, 0.3) is 0 Å². The van der Waals surface area contributed by atoms with Crippen LogP contribution in [0.1, 0.15) is 0 Å². The Balaban J connectivity index is 1.63. The summed E-state index contributed by atoms with van der Waals surface area (Å²) in [6.07, 6.45) is 0. The number of rotatable bonds is 8. The second-order valence-corrected chi connectivity index (χ2v) is 9.44. The van der Waals surface area contributed by atoms with E-state index in [2.05, 4.69) is 32.6 Å². The Labute approximate surface area is 198 Å². The molecule has 2 heterocycles. The number of hydrogen-bond donors (Lipinski definition) is 2. The largest absolute Gasteiger partial charge is 0.383 e. The Kier molecular flexibility index (Phi) is 7.74. The van der Waals surface area contributed by atoms with Crippen molar-refractivity contribution in [3.8, 4) is 0 Å². The van der Waals surface area contributed by atoms with E-state index < -0.39 is 0 Å². The first-order valence-electron chi connectivity index (χ1n) is 10.4. The summed E-state index contributed by atoms with van der Waals surface area (Å²) in [7, 11) is 3.43. The van der Waals surface area contributed by atoms with Gasteiger partial charge in [-0.3, -0.25) is 0 Å². The van der Waals surface area contributed by atoms with Crippen LogP contribution in [-0.2, 0) is 9.47 Å². The van der Waals surface area contributed by atoms with Crippen molar-refractivity contribution in [2.45, 2.75) is 9.79 Å². The van der Waals surface area contributed by atoms with Crippen LogP contribution in [0, 0.1) is 0 Å². The molecule has 0 atom stereocenters. The molecule has 0 bridgehead atoms. The highest BCUT2D eigenvalue weighted by Crippen LogP contribution is 2.51. The maximum absolute atomic E-state index is 6.71. The third kappa shape index (κ3) is 5.18. The standard InChI is InChI=1S/C22H28Cl2N4O2S/c1-29-9-7-28(8-10-30-2)16-12-18(24)22-20(14-16)31-19-13-15(11-17(23)21(19)26-22)27-5-3-25-4-6-27/h11-14,25-26H,3-10H2,1-2H3. The number of nitrogens with zero attached hydrogens (tertiary/aromatic N) is 2. The molecule has 2 N–H and O–H groups in total. The summed E-state index contributed by atoms with van der Waals surface area (Å²) in [5.41, 5.74) is 4.04. The Morgan fingerprint density at radius 3 is 2.19 bits per heavy atom. The van der Waals surface area contributed by atoms with E-state index in [-0.39, 0.29) is 0 Å². The average Bonchev–Trinajstić information content (AvgIpc) is 2.78. The van der Waals surface area contributed by atoms with Crippen LogP contribution in [0.5, 0.6) is 0 Å². The van der Waals surface area contributed by atoms with E-state index in [1.807, 2.05) is 12.1 Å². The summed E-state index contributed by atoms with van der Waals surface area (Å²) in [5, 5.41) is 8.26. The summed E-state index contributed by atoms with van der Waals surface area (Å²) in [4.78, 5) is 6.81. The zero-order valence-electron chi connectivity index (χ0n) is 17.8. The molecule has 6 nitrogen and oxygen atoms in total. The lowest BCUT2D eigenvalue weighted by Crippen LogP contribution is -2.43. The number of halogens is 2. The van der Waals surface area contributed by atoms with Crippen LogP contribution in [0.3, 0.4) is 0 Å². The number of piperazine rings is 1. The van der Waals surface area contributed by atoms with Gasteiger partial charge < -0.3 is 29.9 Å². The molecule has 1 fully saturated rings. The summed E-state index contributed by atoms with van der Waals surface area (Å²) in [6.45, 7) is 6.74. The smallest absolute Gasteiger partial charge is 0.0717 e. The van der Waals surface area contributed by atoms with E-state index in [9.17, 15) is 0 Å². The normalized spacial score (nSPS) is 15.3. The molecule has 0 amide bonds. The molecule has 0 saturated carbocycles. The molecule has 0 aliphatic carbocycles. The van der Waals surface area contributed by atoms with Gasteiger partial charge in [-0.1, -0.05) is 35.0 Å². The van der Waals surface area contributed by atoms with Crippen LogP contribution in [0.15, 0.2) is 34.1 Å². The van der Waals surface area contributed by atoms with Gasteiger partial charge in [-0.2, -0.15) is 0 Å². The average molecular weight is 483 g/mol. The van der Waals surface area contributed by atoms with Crippen LogP contribution in [-0.4, -0.2) is 66.7 Å². The van der Waals surface area contributed by atoms with E-state index in [1.165, 1.54) is 0 Å². The van der Waals surface area contributed by atoms with Gasteiger partial charge >= 0.3 is 0 Å². The monoisotopic (exact) mass is 482 g/mol. The molecule has 0 aromatic heterocycles. The van der Waals surface area contributed by atoms with Gasteiger partial charge in [-0.05, 0) is 24.3 Å². The molecule has 0 unspecified atom stereocenters. The quantitative estimate of drug-likeness (QED) is 0.481. The number of ether oxygens (including phenoxy) is 2. The highest BCUT2D eigenvalue weighted by Gasteiger charge is 2.24. The lowest BCUT2D eigenvalue weighted by atomic mass is 10.2. The molecule has 0 spiro atoms. The molecule has 168 valence electrons. The molecular formula is C22H28Cl2N4O2S. The number of fused-ring (bicyclic) bond motifs is 2. The predicted molar refractivity (Wildman–Crippen MR) is 131 cm³/mol. The molecule has 9 heteroatoms. The molecule has 4 rings (SSSR count). The molecule has 1 saturated heterocycles. The highest BCUT2D eigenvalue weighted by molar-refractivity contribution is 7.99. The van der Waals surface area contributed by atoms with Gasteiger partial charge in [0.15, 0.2) is 0 Å². The SMILES string of the molecule is COCCN(CCOC)c1cc(Cl)c2c(c1)Sc1cc(N3CCNCC3)cc(Cl)c1N2.